The second-order valence-corrected chi connectivity index (χ2v) is 1.92. The van der Waals surface area contributed by atoms with Crippen LogP contribution in [0.5, 0.6) is 0 Å². The third-order valence-electron chi connectivity index (χ3n) is 1.23. The Balaban J connectivity index is 0.000000291. The van der Waals surface area contributed by atoms with Crippen molar-refractivity contribution in [3.8, 4) is 0 Å². The molecule has 0 spiro atoms. The van der Waals surface area contributed by atoms with Crippen molar-refractivity contribution in [1.82, 2.24) is 4.90 Å². The predicted molar refractivity (Wildman–Crippen MR) is 34.3 cm³/mol. The molecular formula is C5H14N2O2. The van der Waals surface area contributed by atoms with E-state index in [-0.39, 0.29) is 0 Å². The molecule has 1 saturated heterocycles. The van der Waals surface area contributed by atoms with E-state index in [4.69, 9.17) is 9.94 Å². The van der Waals surface area contributed by atoms with Gasteiger partial charge in [-0.15, -0.1) is 0 Å². The topological polar surface area (TPSA) is 58.7 Å². The smallest absolute Gasteiger partial charge is 0.0594 e. The van der Waals surface area contributed by atoms with Crippen LogP contribution >= 0.6 is 0 Å². The van der Waals surface area contributed by atoms with E-state index in [0.717, 1.165) is 26.3 Å². The zero-order valence-corrected chi connectivity index (χ0v) is 5.71. The molecule has 56 valence electrons. The van der Waals surface area contributed by atoms with Crippen LogP contribution in [0.1, 0.15) is 0 Å². The van der Waals surface area contributed by atoms with E-state index in [2.05, 4.69) is 17.8 Å². The van der Waals surface area contributed by atoms with E-state index in [1.807, 2.05) is 0 Å². The Labute approximate surface area is 55.2 Å². The molecule has 0 saturated carbocycles. The van der Waals surface area contributed by atoms with Gasteiger partial charge in [0.15, 0.2) is 0 Å². The summed E-state index contributed by atoms with van der Waals surface area (Å²) >= 11 is 0. The molecule has 0 bridgehead atoms. The van der Waals surface area contributed by atoms with E-state index in [1.165, 1.54) is 0 Å². The van der Waals surface area contributed by atoms with Gasteiger partial charge in [0.1, 0.15) is 0 Å². The van der Waals surface area contributed by atoms with Crippen molar-refractivity contribution in [3.05, 3.63) is 0 Å². The lowest BCUT2D eigenvalue weighted by Gasteiger charge is -2.21. The lowest BCUT2D eigenvalue weighted by molar-refractivity contribution is 0.0503. The summed E-state index contributed by atoms with van der Waals surface area (Å²) in [5.41, 5.74) is 0. The van der Waals surface area contributed by atoms with Gasteiger partial charge in [0.05, 0.1) is 13.2 Å². The zero-order valence-electron chi connectivity index (χ0n) is 5.71. The summed E-state index contributed by atoms with van der Waals surface area (Å²) in [7, 11) is 2.11. The minimum atomic E-state index is 0.913. The van der Waals surface area contributed by atoms with Gasteiger partial charge in [-0.25, -0.2) is 5.90 Å². The fourth-order valence-electron chi connectivity index (χ4n) is 0.655. The molecule has 1 fully saturated rings. The van der Waals surface area contributed by atoms with Crippen LogP contribution in [0.4, 0.5) is 0 Å². The van der Waals surface area contributed by atoms with E-state index >= 15 is 0 Å². The van der Waals surface area contributed by atoms with Crippen LogP contribution in [-0.2, 0) is 4.74 Å². The Morgan fingerprint density at radius 3 is 2.00 bits per heavy atom. The van der Waals surface area contributed by atoms with Gasteiger partial charge < -0.3 is 14.8 Å². The highest BCUT2D eigenvalue weighted by molar-refractivity contribution is 4.53. The first-order valence-corrected chi connectivity index (χ1v) is 2.92. The van der Waals surface area contributed by atoms with Crippen molar-refractivity contribution in [2.24, 2.45) is 5.90 Å². The van der Waals surface area contributed by atoms with Crippen molar-refractivity contribution < 1.29 is 9.94 Å². The molecule has 1 rings (SSSR count). The number of nitrogens with two attached hydrogens (primary N) is 1. The maximum Gasteiger partial charge on any atom is 0.0594 e. The molecule has 1 aliphatic rings. The van der Waals surface area contributed by atoms with Gasteiger partial charge in [-0.1, -0.05) is 0 Å². The Morgan fingerprint density at radius 1 is 1.33 bits per heavy atom. The number of nitrogens with zero attached hydrogens (tertiary/aromatic N) is 1. The van der Waals surface area contributed by atoms with E-state index < -0.39 is 0 Å². The van der Waals surface area contributed by atoms with Gasteiger partial charge >= 0.3 is 0 Å². The minimum absolute atomic E-state index is 0.913. The highest BCUT2D eigenvalue weighted by atomic mass is 16.5. The fourth-order valence-corrected chi connectivity index (χ4v) is 0.655. The quantitative estimate of drug-likeness (QED) is 0.429. The lowest BCUT2D eigenvalue weighted by atomic mass is 10.5. The second kappa shape index (κ2) is 5.97. The minimum Gasteiger partial charge on any atom is -0.379 e. The highest BCUT2D eigenvalue weighted by Gasteiger charge is 2.02. The molecule has 0 amide bonds. The Bertz CT molecular complexity index is 54.9. The van der Waals surface area contributed by atoms with Crippen molar-refractivity contribution in [3.63, 3.8) is 0 Å². The van der Waals surface area contributed by atoms with E-state index in [0.29, 0.717) is 0 Å². The van der Waals surface area contributed by atoms with Gasteiger partial charge in [0.2, 0.25) is 0 Å². The van der Waals surface area contributed by atoms with Gasteiger partial charge in [0.25, 0.3) is 0 Å². The molecule has 4 nitrogen and oxygen atoms in total. The molecule has 3 N–H and O–H groups in total. The number of morpholine rings is 1. The van der Waals surface area contributed by atoms with Crippen LogP contribution in [0.3, 0.4) is 0 Å². The van der Waals surface area contributed by atoms with Crippen LogP contribution in [-0.4, -0.2) is 43.5 Å². The molecule has 0 aromatic rings. The highest BCUT2D eigenvalue weighted by Crippen LogP contribution is 1.89. The summed E-state index contributed by atoms with van der Waals surface area (Å²) in [6.45, 7) is 4.02. The van der Waals surface area contributed by atoms with Gasteiger partial charge in [0, 0.05) is 13.1 Å². The lowest BCUT2D eigenvalue weighted by Crippen LogP contribution is -2.32. The molecule has 1 aliphatic heterocycles. The van der Waals surface area contributed by atoms with Crippen molar-refractivity contribution in [2.45, 2.75) is 0 Å². The Hall–Kier alpha value is -0.160. The summed E-state index contributed by atoms with van der Waals surface area (Å²) in [5.74, 6) is 3.50. The standard InChI is InChI=1S/C5H11NO.H3NO/c1-6-2-4-7-5-3-6;1-2/h2-5H2,1H3;2H,1H2. The first-order valence-electron chi connectivity index (χ1n) is 2.92. The summed E-state index contributed by atoms with van der Waals surface area (Å²) in [6, 6.07) is 0. The normalized spacial score (nSPS) is 20.3. The molecule has 9 heavy (non-hydrogen) atoms. The number of hydrogen-bond donors (Lipinski definition) is 2. The van der Waals surface area contributed by atoms with Crippen molar-refractivity contribution in [1.29, 1.82) is 0 Å². The number of likely N-dealkylation sites (N-methyl/N-ethyl adjacent to an activating group) is 1. The third-order valence-corrected chi connectivity index (χ3v) is 1.23. The summed E-state index contributed by atoms with van der Waals surface area (Å²) in [6.07, 6.45) is 0. The van der Waals surface area contributed by atoms with Crippen LogP contribution in [0.2, 0.25) is 0 Å². The van der Waals surface area contributed by atoms with Crippen LogP contribution in [0.25, 0.3) is 0 Å². The molecular weight excluding hydrogens is 120 g/mol. The van der Waals surface area contributed by atoms with Crippen molar-refractivity contribution in [2.75, 3.05) is 33.4 Å². The van der Waals surface area contributed by atoms with Gasteiger partial charge in [-0.05, 0) is 7.05 Å². The molecule has 0 unspecified atom stereocenters. The second-order valence-electron chi connectivity index (χ2n) is 1.92. The Kier molecular flexibility index (Phi) is 5.86. The van der Waals surface area contributed by atoms with Crippen LogP contribution in [0, 0.1) is 0 Å². The molecule has 1 heterocycles. The molecule has 0 aliphatic carbocycles. The monoisotopic (exact) mass is 134 g/mol. The average molecular weight is 134 g/mol. The summed E-state index contributed by atoms with van der Waals surface area (Å²) < 4.78 is 5.10. The summed E-state index contributed by atoms with van der Waals surface area (Å²) in [5, 5.41) is 6.50. The number of rotatable bonds is 0. The number of ether oxygens (including phenoxy) is 1. The Morgan fingerprint density at radius 2 is 1.78 bits per heavy atom. The first-order chi connectivity index (χ1) is 4.39. The van der Waals surface area contributed by atoms with Gasteiger partial charge in [-0.2, -0.15) is 0 Å². The SMILES string of the molecule is CN1CCOCC1.NO. The molecule has 0 atom stereocenters. The van der Waals surface area contributed by atoms with Crippen LogP contribution < -0.4 is 5.90 Å². The largest absolute Gasteiger partial charge is 0.379 e. The third kappa shape index (κ3) is 4.35. The van der Waals surface area contributed by atoms with E-state index in [9.17, 15) is 0 Å². The molecule has 4 heteroatoms. The maximum atomic E-state index is 6.50. The molecule has 0 aromatic carbocycles. The van der Waals surface area contributed by atoms with Crippen molar-refractivity contribution >= 4 is 0 Å². The predicted octanol–water partition coefficient (Wildman–Crippen LogP) is -0.717. The fraction of sp³-hybridized carbons (Fsp3) is 1.00. The average Bonchev–Trinajstić information content (AvgIpc) is 1.94. The maximum absolute atomic E-state index is 6.50. The summed E-state index contributed by atoms with van der Waals surface area (Å²) in [4.78, 5) is 2.27. The van der Waals surface area contributed by atoms with Crippen LogP contribution in [0.15, 0.2) is 0 Å². The van der Waals surface area contributed by atoms with Gasteiger partial charge in [-0.3, -0.25) is 0 Å². The number of hydrogen-bond acceptors (Lipinski definition) is 4. The first kappa shape index (κ1) is 8.84. The zero-order chi connectivity index (χ0) is 7.11. The molecule has 0 radical (unpaired) electrons. The van der Waals surface area contributed by atoms with E-state index in [1.54, 1.807) is 0 Å². The molecule has 0 aromatic heterocycles.